The average Bonchev–Trinajstić information content (AvgIpc) is 2.48. The van der Waals surface area contributed by atoms with E-state index in [4.69, 9.17) is 5.26 Å². The normalized spacial score (nSPS) is 15.3. The minimum atomic E-state index is -0.599. The fourth-order valence-electron chi connectivity index (χ4n) is 2.30. The third kappa shape index (κ3) is 3.19. The van der Waals surface area contributed by atoms with Crippen LogP contribution in [0.1, 0.15) is 24.5 Å². The molecule has 1 saturated heterocycles. The number of piperazine rings is 1. The van der Waals surface area contributed by atoms with Gasteiger partial charge in [0.2, 0.25) is 0 Å². The molecule has 1 heterocycles. The zero-order valence-electron chi connectivity index (χ0n) is 11.8. The van der Waals surface area contributed by atoms with Gasteiger partial charge in [0.05, 0.1) is 11.6 Å². The van der Waals surface area contributed by atoms with Gasteiger partial charge in [0.15, 0.2) is 0 Å². The number of carbonyl (C=O) groups is 2. The van der Waals surface area contributed by atoms with Crippen LogP contribution in [0, 0.1) is 17.1 Å². The van der Waals surface area contributed by atoms with Crippen LogP contribution >= 0.6 is 0 Å². The molecule has 1 aliphatic heterocycles. The van der Waals surface area contributed by atoms with E-state index in [2.05, 4.69) is 0 Å². The first-order valence-electron chi connectivity index (χ1n) is 6.83. The molecule has 2 rings (SSSR count). The number of nitriles is 1. The van der Waals surface area contributed by atoms with Crippen molar-refractivity contribution in [2.24, 2.45) is 0 Å². The second-order valence-electron chi connectivity index (χ2n) is 4.94. The van der Waals surface area contributed by atoms with Gasteiger partial charge in [0, 0.05) is 31.7 Å². The standard InChI is InChI=1S/C15H16FN3O2/c1-2-5-18-6-7-19(15(21)14(18)20)10-12-4-3-11(9-17)8-13(12)16/h3-4,8H,2,5-7,10H2,1H3. The molecule has 0 atom stereocenters. The number of rotatable bonds is 4. The zero-order valence-corrected chi connectivity index (χ0v) is 11.8. The summed E-state index contributed by atoms with van der Waals surface area (Å²) in [6, 6.07) is 5.96. The lowest BCUT2D eigenvalue weighted by molar-refractivity contribution is -0.156. The second kappa shape index (κ2) is 6.35. The highest BCUT2D eigenvalue weighted by Crippen LogP contribution is 2.15. The maximum absolute atomic E-state index is 13.8. The summed E-state index contributed by atoms with van der Waals surface area (Å²) in [5.41, 5.74) is 0.533. The van der Waals surface area contributed by atoms with Crippen LogP contribution < -0.4 is 0 Å². The van der Waals surface area contributed by atoms with E-state index in [1.54, 1.807) is 0 Å². The van der Waals surface area contributed by atoms with Crippen molar-refractivity contribution in [1.29, 1.82) is 5.26 Å². The summed E-state index contributed by atoms with van der Waals surface area (Å²) in [6.45, 7) is 3.41. The quantitative estimate of drug-likeness (QED) is 0.784. The van der Waals surface area contributed by atoms with Crippen LogP contribution in [-0.2, 0) is 16.1 Å². The Morgan fingerprint density at radius 2 is 1.90 bits per heavy atom. The molecule has 2 amide bonds. The van der Waals surface area contributed by atoms with Crippen LogP contribution in [0.25, 0.3) is 0 Å². The molecular formula is C15H16FN3O2. The van der Waals surface area contributed by atoms with Crippen molar-refractivity contribution < 1.29 is 14.0 Å². The van der Waals surface area contributed by atoms with E-state index in [0.717, 1.165) is 12.5 Å². The lowest BCUT2D eigenvalue weighted by atomic mass is 10.1. The van der Waals surface area contributed by atoms with E-state index >= 15 is 0 Å². The first kappa shape index (κ1) is 15.0. The SMILES string of the molecule is CCCN1CCN(Cc2ccc(C#N)cc2F)C(=O)C1=O. The van der Waals surface area contributed by atoms with Gasteiger partial charge in [-0.2, -0.15) is 5.26 Å². The molecule has 0 bridgehead atoms. The van der Waals surface area contributed by atoms with E-state index in [1.807, 2.05) is 13.0 Å². The third-order valence-electron chi connectivity index (χ3n) is 3.43. The van der Waals surface area contributed by atoms with Crippen molar-refractivity contribution in [2.75, 3.05) is 19.6 Å². The molecule has 1 aromatic carbocycles. The molecule has 21 heavy (non-hydrogen) atoms. The lowest BCUT2D eigenvalue weighted by Crippen LogP contribution is -2.54. The van der Waals surface area contributed by atoms with E-state index in [1.165, 1.54) is 21.9 Å². The summed E-state index contributed by atoms with van der Waals surface area (Å²) in [5.74, 6) is -1.67. The topological polar surface area (TPSA) is 64.4 Å². The van der Waals surface area contributed by atoms with Crippen molar-refractivity contribution in [2.45, 2.75) is 19.9 Å². The molecule has 0 aliphatic carbocycles. The van der Waals surface area contributed by atoms with Crippen molar-refractivity contribution >= 4 is 11.8 Å². The highest BCUT2D eigenvalue weighted by Gasteiger charge is 2.32. The van der Waals surface area contributed by atoms with E-state index < -0.39 is 17.6 Å². The lowest BCUT2D eigenvalue weighted by Gasteiger charge is -2.33. The predicted octanol–water partition coefficient (Wildman–Crippen LogP) is 1.28. The van der Waals surface area contributed by atoms with Gasteiger partial charge in [-0.05, 0) is 18.6 Å². The first-order valence-corrected chi connectivity index (χ1v) is 6.83. The van der Waals surface area contributed by atoms with Crippen molar-refractivity contribution in [3.63, 3.8) is 0 Å². The van der Waals surface area contributed by atoms with E-state index in [-0.39, 0.29) is 12.1 Å². The molecule has 0 aromatic heterocycles. The predicted molar refractivity (Wildman–Crippen MR) is 73.4 cm³/mol. The summed E-state index contributed by atoms with van der Waals surface area (Å²) in [6.07, 6.45) is 0.795. The number of amides is 2. The number of halogens is 1. The number of benzene rings is 1. The molecule has 0 radical (unpaired) electrons. The molecule has 1 aromatic rings. The Morgan fingerprint density at radius 1 is 1.24 bits per heavy atom. The number of hydrogen-bond donors (Lipinski definition) is 0. The monoisotopic (exact) mass is 289 g/mol. The maximum atomic E-state index is 13.8. The van der Waals surface area contributed by atoms with Gasteiger partial charge in [0.25, 0.3) is 0 Å². The van der Waals surface area contributed by atoms with Crippen LogP contribution in [-0.4, -0.2) is 41.2 Å². The molecule has 0 spiro atoms. The largest absolute Gasteiger partial charge is 0.333 e. The van der Waals surface area contributed by atoms with Gasteiger partial charge in [-0.1, -0.05) is 13.0 Å². The summed E-state index contributed by atoms with van der Waals surface area (Å²) >= 11 is 0. The smallest absolute Gasteiger partial charge is 0.312 e. The minimum Gasteiger partial charge on any atom is -0.333 e. The summed E-state index contributed by atoms with van der Waals surface area (Å²) in [4.78, 5) is 26.8. The number of carbonyl (C=O) groups excluding carboxylic acids is 2. The maximum Gasteiger partial charge on any atom is 0.312 e. The van der Waals surface area contributed by atoms with E-state index in [0.29, 0.717) is 25.2 Å². The molecule has 0 unspecified atom stereocenters. The van der Waals surface area contributed by atoms with Gasteiger partial charge >= 0.3 is 11.8 Å². The molecule has 5 nitrogen and oxygen atoms in total. The molecule has 1 fully saturated rings. The van der Waals surface area contributed by atoms with Gasteiger partial charge < -0.3 is 9.80 Å². The first-order chi connectivity index (χ1) is 10.1. The van der Waals surface area contributed by atoms with Gasteiger partial charge in [0.1, 0.15) is 5.82 Å². The summed E-state index contributed by atoms with van der Waals surface area (Å²) < 4.78 is 13.8. The Balaban J connectivity index is 2.09. The Kier molecular flexibility index (Phi) is 4.53. The second-order valence-corrected chi connectivity index (χ2v) is 4.94. The van der Waals surface area contributed by atoms with Crippen LogP contribution in [0.4, 0.5) is 4.39 Å². The molecule has 6 heteroatoms. The van der Waals surface area contributed by atoms with Crippen molar-refractivity contribution in [3.8, 4) is 6.07 Å². The fraction of sp³-hybridized carbons (Fsp3) is 0.400. The molecule has 0 N–H and O–H groups in total. The Morgan fingerprint density at radius 3 is 2.52 bits per heavy atom. The molecule has 1 aliphatic rings. The Hall–Kier alpha value is -2.42. The van der Waals surface area contributed by atoms with Crippen LogP contribution in [0.2, 0.25) is 0 Å². The highest BCUT2D eigenvalue weighted by molar-refractivity contribution is 6.35. The molecule has 110 valence electrons. The van der Waals surface area contributed by atoms with Crippen molar-refractivity contribution in [3.05, 3.63) is 35.1 Å². The van der Waals surface area contributed by atoms with Crippen LogP contribution in [0.3, 0.4) is 0 Å². The van der Waals surface area contributed by atoms with Gasteiger partial charge in [-0.25, -0.2) is 4.39 Å². The van der Waals surface area contributed by atoms with Gasteiger partial charge in [-0.15, -0.1) is 0 Å². The minimum absolute atomic E-state index is 0.0437. The van der Waals surface area contributed by atoms with Gasteiger partial charge in [-0.3, -0.25) is 9.59 Å². The summed E-state index contributed by atoms with van der Waals surface area (Å²) in [5, 5.41) is 8.70. The third-order valence-corrected chi connectivity index (χ3v) is 3.43. The average molecular weight is 289 g/mol. The van der Waals surface area contributed by atoms with E-state index in [9.17, 15) is 14.0 Å². The zero-order chi connectivity index (χ0) is 15.4. The van der Waals surface area contributed by atoms with Crippen LogP contribution in [0.15, 0.2) is 18.2 Å². The highest BCUT2D eigenvalue weighted by atomic mass is 19.1. The van der Waals surface area contributed by atoms with Crippen LogP contribution in [0.5, 0.6) is 0 Å². The summed E-state index contributed by atoms with van der Waals surface area (Å²) in [7, 11) is 0. The number of nitrogens with zero attached hydrogens (tertiary/aromatic N) is 3. The fourth-order valence-corrected chi connectivity index (χ4v) is 2.30. The number of hydrogen-bond acceptors (Lipinski definition) is 3. The van der Waals surface area contributed by atoms with Crippen molar-refractivity contribution in [1.82, 2.24) is 9.80 Å². The molecule has 0 saturated carbocycles. The Labute approximate surface area is 122 Å². The molecular weight excluding hydrogens is 273 g/mol. The Bertz CT molecular complexity index is 609.